The number of aliphatic hydroxyl groups excluding tert-OH is 1. The maximum absolute atomic E-state index is 13.6. The quantitative estimate of drug-likeness (QED) is 0.321. The van der Waals surface area contributed by atoms with Crippen LogP contribution in [0.4, 0.5) is 13.2 Å². The molecule has 2 aromatic carbocycles. The van der Waals surface area contributed by atoms with Crippen molar-refractivity contribution in [3.05, 3.63) is 65.2 Å². The first-order valence-corrected chi connectivity index (χ1v) is 11.6. The van der Waals surface area contributed by atoms with Crippen LogP contribution in [0, 0.1) is 0 Å². The minimum absolute atomic E-state index is 0.101. The summed E-state index contributed by atoms with van der Waals surface area (Å²) in [6, 6.07) is 13.7. The number of aryl methyl sites for hydroxylation is 1. The van der Waals surface area contributed by atoms with Crippen LogP contribution in [-0.4, -0.2) is 30.5 Å². The van der Waals surface area contributed by atoms with Gasteiger partial charge in [-0.15, -0.1) is 0 Å². The standard InChI is InChI=1S/C26H36F3NO3/c1-2-3-4-5-9-16-33-24-13-12-21(17-23(24)26(27,28)29)14-15-25(30,19-31)20-32-18-22-10-7-6-8-11-22/h6-8,10-13,17,31H,2-5,9,14-16,18-20,30H2,1H3. The highest BCUT2D eigenvalue weighted by molar-refractivity contribution is 5.39. The number of halogens is 3. The number of alkyl halides is 3. The lowest BCUT2D eigenvalue weighted by Gasteiger charge is -2.27. The van der Waals surface area contributed by atoms with Crippen molar-refractivity contribution in [3.63, 3.8) is 0 Å². The lowest BCUT2D eigenvalue weighted by atomic mass is 9.93. The second kappa shape index (κ2) is 13.6. The normalized spacial score (nSPS) is 13.6. The summed E-state index contributed by atoms with van der Waals surface area (Å²) in [5, 5.41) is 9.76. The minimum Gasteiger partial charge on any atom is -0.493 e. The third kappa shape index (κ3) is 9.74. The van der Waals surface area contributed by atoms with Gasteiger partial charge in [-0.05, 0) is 42.5 Å². The van der Waals surface area contributed by atoms with E-state index < -0.39 is 17.3 Å². The Morgan fingerprint density at radius 2 is 1.67 bits per heavy atom. The molecule has 3 N–H and O–H groups in total. The Morgan fingerprint density at radius 1 is 0.939 bits per heavy atom. The first kappa shape index (κ1) is 27.2. The second-order valence-corrected chi connectivity index (χ2v) is 8.59. The predicted molar refractivity (Wildman–Crippen MR) is 124 cm³/mol. The summed E-state index contributed by atoms with van der Waals surface area (Å²) in [4.78, 5) is 0. The average Bonchev–Trinajstić information content (AvgIpc) is 2.80. The Kier molecular flexibility index (Phi) is 11.2. The van der Waals surface area contributed by atoms with Crippen molar-refractivity contribution in [2.45, 2.75) is 70.2 Å². The van der Waals surface area contributed by atoms with Crippen LogP contribution < -0.4 is 10.5 Å². The van der Waals surface area contributed by atoms with Gasteiger partial charge in [-0.1, -0.05) is 69.0 Å². The molecule has 0 saturated heterocycles. The number of benzene rings is 2. The lowest BCUT2D eigenvalue weighted by molar-refractivity contribution is -0.139. The molecule has 1 unspecified atom stereocenters. The largest absolute Gasteiger partial charge is 0.493 e. The van der Waals surface area contributed by atoms with E-state index in [0.717, 1.165) is 43.7 Å². The zero-order valence-electron chi connectivity index (χ0n) is 19.4. The molecule has 0 bridgehead atoms. The smallest absolute Gasteiger partial charge is 0.419 e. The Morgan fingerprint density at radius 3 is 2.33 bits per heavy atom. The summed E-state index contributed by atoms with van der Waals surface area (Å²) in [7, 11) is 0. The number of nitrogens with two attached hydrogens (primary N) is 1. The molecule has 2 aromatic rings. The number of ether oxygens (including phenoxy) is 2. The van der Waals surface area contributed by atoms with Crippen LogP contribution in [0.3, 0.4) is 0 Å². The molecule has 4 nitrogen and oxygen atoms in total. The fraction of sp³-hybridized carbons (Fsp3) is 0.538. The van der Waals surface area contributed by atoms with Gasteiger partial charge in [0.15, 0.2) is 0 Å². The molecule has 0 heterocycles. The second-order valence-electron chi connectivity index (χ2n) is 8.59. The Balaban J connectivity index is 1.93. The van der Waals surface area contributed by atoms with Crippen molar-refractivity contribution in [2.75, 3.05) is 19.8 Å². The van der Waals surface area contributed by atoms with E-state index in [9.17, 15) is 18.3 Å². The van der Waals surface area contributed by atoms with Gasteiger partial charge in [-0.3, -0.25) is 0 Å². The van der Waals surface area contributed by atoms with Crippen molar-refractivity contribution in [3.8, 4) is 5.75 Å². The van der Waals surface area contributed by atoms with Crippen molar-refractivity contribution < 1.29 is 27.8 Å². The molecular formula is C26H36F3NO3. The number of aliphatic hydroxyl groups is 1. The van der Waals surface area contributed by atoms with Gasteiger partial charge in [0.1, 0.15) is 5.75 Å². The Hall–Kier alpha value is -2.09. The fourth-order valence-corrected chi connectivity index (χ4v) is 3.50. The van der Waals surface area contributed by atoms with Crippen LogP contribution in [0.2, 0.25) is 0 Å². The monoisotopic (exact) mass is 467 g/mol. The molecule has 0 radical (unpaired) electrons. The van der Waals surface area contributed by atoms with Crippen LogP contribution >= 0.6 is 0 Å². The molecule has 33 heavy (non-hydrogen) atoms. The van der Waals surface area contributed by atoms with Crippen molar-refractivity contribution >= 4 is 0 Å². The fourth-order valence-electron chi connectivity index (χ4n) is 3.50. The molecule has 1 atom stereocenters. The van der Waals surface area contributed by atoms with E-state index in [1.165, 1.54) is 6.07 Å². The van der Waals surface area contributed by atoms with Gasteiger partial charge in [-0.25, -0.2) is 0 Å². The Labute approximate surface area is 194 Å². The first-order chi connectivity index (χ1) is 15.8. The van der Waals surface area contributed by atoms with E-state index in [2.05, 4.69) is 6.92 Å². The minimum atomic E-state index is -4.51. The van der Waals surface area contributed by atoms with E-state index in [1.807, 2.05) is 30.3 Å². The molecule has 0 spiro atoms. The van der Waals surface area contributed by atoms with Gasteiger partial charge >= 0.3 is 6.18 Å². The molecule has 0 aliphatic rings. The summed E-state index contributed by atoms with van der Waals surface area (Å²) in [6.07, 6.45) is 1.03. The molecule has 0 aliphatic heterocycles. The number of hydrogen-bond donors (Lipinski definition) is 2. The summed E-state index contributed by atoms with van der Waals surface area (Å²) in [6.45, 7) is 2.50. The zero-order valence-corrected chi connectivity index (χ0v) is 19.4. The highest BCUT2D eigenvalue weighted by Gasteiger charge is 2.35. The summed E-state index contributed by atoms with van der Waals surface area (Å²) < 4.78 is 51.9. The third-order valence-corrected chi connectivity index (χ3v) is 5.58. The molecule has 7 heteroatoms. The van der Waals surface area contributed by atoms with E-state index in [1.54, 1.807) is 6.07 Å². The Bertz CT molecular complexity index is 814. The number of hydrogen-bond acceptors (Lipinski definition) is 4. The summed E-state index contributed by atoms with van der Waals surface area (Å²) in [5.74, 6) is -0.144. The molecule has 0 amide bonds. The van der Waals surface area contributed by atoms with E-state index in [0.29, 0.717) is 12.2 Å². The van der Waals surface area contributed by atoms with Crippen molar-refractivity contribution in [1.82, 2.24) is 0 Å². The van der Waals surface area contributed by atoms with Gasteiger partial charge < -0.3 is 20.3 Å². The van der Waals surface area contributed by atoms with E-state index in [4.69, 9.17) is 15.2 Å². The number of unbranched alkanes of at least 4 members (excludes halogenated alkanes) is 4. The van der Waals surface area contributed by atoms with Crippen molar-refractivity contribution in [2.24, 2.45) is 5.73 Å². The molecular weight excluding hydrogens is 431 g/mol. The van der Waals surface area contributed by atoms with E-state index in [-0.39, 0.29) is 38.4 Å². The summed E-state index contributed by atoms with van der Waals surface area (Å²) in [5.41, 5.74) is 5.91. The van der Waals surface area contributed by atoms with Crippen LogP contribution in [0.25, 0.3) is 0 Å². The molecule has 0 aliphatic carbocycles. The van der Waals surface area contributed by atoms with Crippen molar-refractivity contribution in [1.29, 1.82) is 0 Å². The van der Waals surface area contributed by atoms with Gasteiger partial charge in [0, 0.05) is 0 Å². The molecule has 184 valence electrons. The predicted octanol–water partition coefficient (Wildman–Crippen LogP) is 5.89. The molecule has 0 fully saturated rings. The van der Waals surface area contributed by atoms with Crippen LogP contribution in [-0.2, 0) is 23.9 Å². The van der Waals surface area contributed by atoms with Gasteiger partial charge in [0.05, 0.1) is 37.5 Å². The first-order valence-electron chi connectivity index (χ1n) is 11.6. The maximum atomic E-state index is 13.6. The van der Waals surface area contributed by atoms with Gasteiger partial charge in [0.2, 0.25) is 0 Å². The molecule has 0 aromatic heterocycles. The van der Waals surface area contributed by atoms with Gasteiger partial charge in [-0.2, -0.15) is 13.2 Å². The maximum Gasteiger partial charge on any atom is 0.419 e. The van der Waals surface area contributed by atoms with Crippen LogP contribution in [0.15, 0.2) is 48.5 Å². The molecule has 0 saturated carbocycles. The van der Waals surface area contributed by atoms with E-state index >= 15 is 0 Å². The highest BCUT2D eigenvalue weighted by Crippen LogP contribution is 2.37. The highest BCUT2D eigenvalue weighted by atomic mass is 19.4. The topological polar surface area (TPSA) is 64.7 Å². The third-order valence-electron chi connectivity index (χ3n) is 5.58. The van der Waals surface area contributed by atoms with Crippen LogP contribution in [0.5, 0.6) is 5.75 Å². The summed E-state index contributed by atoms with van der Waals surface area (Å²) >= 11 is 0. The zero-order chi connectivity index (χ0) is 24.2. The van der Waals surface area contributed by atoms with Gasteiger partial charge in [0.25, 0.3) is 0 Å². The number of rotatable bonds is 15. The lowest BCUT2D eigenvalue weighted by Crippen LogP contribution is -2.48. The SMILES string of the molecule is CCCCCCCOc1ccc(CCC(N)(CO)COCc2ccccc2)cc1C(F)(F)F. The van der Waals surface area contributed by atoms with Crippen LogP contribution in [0.1, 0.15) is 62.1 Å². The molecule has 2 rings (SSSR count). The average molecular weight is 468 g/mol.